The van der Waals surface area contributed by atoms with E-state index in [4.69, 9.17) is 9.84 Å². The van der Waals surface area contributed by atoms with E-state index in [0.29, 0.717) is 13.0 Å². The molecule has 0 aromatic carbocycles. The largest absolute Gasteiger partial charge is 0.481 e. The Morgan fingerprint density at radius 3 is 2.68 bits per heavy atom. The topological polar surface area (TPSA) is 84.7 Å². The molecule has 1 aliphatic heterocycles. The first-order valence-corrected chi connectivity index (χ1v) is 8.90. The molecule has 0 bridgehead atoms. The zero-order valence-corrected chi connectivity index (χ0v) is 15.6. The van der Waals surface area contributed by atoms with Gasteiger partial charge in [0.05, 0.1) is 18.2 Å². The Balaban J connectivity index is 2.05. The van der Waals surface area contributed by atoms with E-state index in [-0.39, 0.29) is 30.9 Å². The first kappa shape index (κ1) is 19.4. The lowest BCUT2D eigenvalue weighted by molar-refractivity contribution is -0.140. The summed E-state index contributed by atoms with van der Waals surface area (Å²) in [6.45, 7) is 7.27. The molecule has 0 aliphatic carbocycles. The maximum atomic E-state index is 12.9. The molecule has 0 unspecified atom stereocenters. The molecular formula is C18H29N3O4. The SMILES string of the molecule is Cc1nn(C)c(C)c1C[C@@H](C)C(=O)N(CCC(=O)O)C[C@H]1CCCO1. The van der Waals surface area contributed by atoms with Gasteiger partial charge >= 0.3 is 5.97 Å². The van der Waals surface area contributed by atoms with Crippen LogP contribution in [0.3, 0.4) is 0 Å². The molecule has 1 aromatic heterocycles. The van der Waals surface area contributed by atoms with E-state index < -0.39 is 5.97 Å². The Morgan fingerprint density at radius 1 is 1.44 bits per heavy atom. The minimum absolute atomic E-state index is 0.0144. The van der Waals surface area contributed by atoms with Crippen molar-refractivity contribution in [2.24, 2.45) is 13.0 Å². The van der Waals surface area contributed by atoms with Crippen molar-refractivity contribution in [2.45, 2.75) is 52.6 Å². The standard InChI is InChI=1S/C18H29N3O4/c1-12(10-16-13(2)19-20(4)14(16)3)18(24)21(8-7-17(22)23)11-15-6-5-9-25-15/h12,15H,5-11H2,1-4H3,(H,22,23)/t12-,15-/m1/s1. The van der Waals surface area contributed by atoms with Gasteiger partial charge in [0.25, 0.3) is 0 Å². The van der Waals surface area contributed by atoms with Crippen LogP contribution in [0, 0.1) is 19.8 Å². The average molecular weight is 351 g/mol. The van der Waals surface area contributed by atoms with Crippen LogP contribution in [0.25, 0.3) is 0 Å². The number of ether oxygens (including phenoxy) is 1. The van der Waals surface area contributed by atoms with Crippen LogP contribution in [-0.4, -0.2) is 57.5 Å². The summed E-state index contributed by atoms with van der Waals surface area (Å²) >= 11 is 0. The van der Waals surface area contributed by atoms with E-state index in [1.807, 2.05) is 32.5 Å². The summed E-state index contributed by atoms with van der Waals surface area (Å²) in [6, 6.07) is 0. The number of carboxylic acids is 1. The molecule has 1 aliphatic rings. The Hall–Kier alpha value is -1.89. The minimum Gasteiger partial charge on any atom is -0.481 e. The number of rotatable bonds is 8. The number of amides is 1. The van der Waals surface area contributed by atoms with Crippen LogP contribution >= 0.6 is 0 Å². The predicted octanol–water partition coefficient (Wildman–Crippen LogP) is 1.70. The molecule has 1 amide bonds. The smallest absolute Gasteiger partial charge is 0.305 e. The van der Waals surface area contributed by atoms with Crippen LogP contribution in [0.15, 0.2) is 0 Å². The van der Waals surface area contributed by atoms with Crippen LogP contribution < -0.4 is 0 Å². The third-order valence-electron chi connectivity index (χ3n) is 4.95. The Morgan fingerprint density at radius 2 is 2.16 bits per heavy atom. The zero-order chi connectivity index (χ0) is 18.6. The average Bonchev–Trinajstić information content (AvgIpc) is 3.14. The van der Waals surface area contributed by atoms with Crippen LogP contribution in [0.2, 0.25) is 0 Å². The van der Waals surface area contributed by atoms with E-state index in [0.717, 1.165) is 36.4 Å². The van der Waals surface area contributed by atoms with Gasteiger partial charge in [0, 0.05) is 38.4 Å². The number of nitrogens with zero attached hydrogens (tertiary/aromatic N) is 3. The van der Waals surface area contributed by atoms with Crippen LogP contribution in [0.1, 0.15) is 43.1 Å². The summed E-state index contributed by atoms with van der Waals surface area (Å²) < 4.78 is 7.46. The molecule has 1 saturated heterocycles. The van der Waals surface area contributed by atoms with Crippen molar-refractivity contribution >= 4 is 11.9 Å². The summed E-state index contributed by atoms with van der Waals surface area (Å²) in [4.78, 5) is 25.5. The summed E-state index contributed by atoms with van der Waals surface area (Å²) in [5.41, 5.74) is 3.10. The lowest BCUT2D eigenvalue weighted by Gasteiger charge is -2.27. The number of aromatic nitrogens is 2. The zero-order valence-electron chi connectivity index (χ0n) is 15.6. The van der Waals surface area contributed by atoms with E-state index >= 15 is 0 Å². The number of carbonyl (C=O) groups is 2. The summed E-state index contributed by atoms with van der Waals surface area (Å²) in [5, 5.41) is 13.4. The maximum absolute atomic E-state index is 12.9. The third-order valence-corrected chi connectivity index (χ3v) is 4.95. The molecular weight excluding hydrogens is 322 g/mol. The van der Waals surface area contributed by atoms with Gasteiger partial charge < -0.3 is 14.7 Å². The highest BCUT2D eigenvalue weighted by Gasteiger charge is 2.27. The Bertz CT molecular complexity index is 620. The van der Waals surface area contributed by atoms with E-state index in [9.17, 15) is 9.59 Å². The molecule has 25 heavy (non-hydrogen) atoms. The number of hydrogen-bond donors (Lipinski definition) is 1. The molecule has 0 saturated carbocycles. The Kier molecular flexibility index (Phi) is 6.58. The van der Waals surface area contributed by atoms with Gasteiger partial charge in [-0.3, -0.25) is 14.3 Å². The lowest BCUT2D eigenvalue weighted by atomic mass is 9.98. The molecule has 2 heterocycles. The van der Waals surface area contributed by atoms with Gasteiger partial charge in [-0.05, 0) is 38.7 Å². The number of aryl methyl sites for hydroxylation is 2. The van der Waals surface area contributed by atoms with Crippen molar-refractivity contribution in [3.8, 4) is 0 Å². The van der Waals surface area contributed by atoms with Crippen molar-refractivity contribution in [3.63, 3.8) is 0 Å². The van der Waals surface area contributed by atoms with Crippen molar-refractivity contribution in [1.29, 1.82) is 0 Å². The van der Waals surface area contributed by atoms with Crippen LogP contribution in [-0.2, 0) is 27.8 Å². The number of aliphatic carboxylic acids is 1. The van der Waals surface area contributed by atoms with E-state index in [2.05, 4.69) is 5.10 Å². The summed E-state index contributed by atoms with van der Waals surface area (Å²) in [7, 11) is 1.90. The lowest BCUT2D eigenvalue weighted by Crippen LogP contribution is -2.42. The van der Waals surface area contributed by atoms with Gasteiger partial charge in [-0.1, -0.05) is 6.92 Å². The molecule has 1 N–H and O–H groups in total. The van der Waals surface area contributed by atoms with Crippen molar-refractivity contribution in [1.82, 2.24) is 14.7 Å². The van der Waals surface area contributed by atoms with Gasteiger partial charge in [0.15, 0.2) is 0 Å². The first-order valence-electron chi connectivity index (χ1n) is 8.90. The number of hydrogen-bond acceptors (Lipinski definition) is 4. The quantitative estimate of drug-likeness (QED) is 0.770. The van der Waals surface area contributed by atoms with E-state index in [1.165, 1.54) is 0 Å². The second-order valence-electron chi connectivity index (χ2n) is 6.94. The second kappa shape index (κ2) is 8.47. The van der Waals surface area contributed by atoms with Gasteiger partial charge in [0.1, 0.15) is 0 Å². The number of carboxylic acid groups (broad SMARTS) is 1. The molecule has 1 aromatic rings. The molecule has 2 atom stereocenters. The fraction of sp³-hybridized carbons (Fsp3) is 0.722. The minimum atomic E-state index is -0.892. The Labute approximate surface area is 148 Å². The van der Waals surface area contributed by atoms with Gasteiger partial charge in [-0.25, -0.2) is 0 Å². The predicted molar refractivity (Wildman–Crippen MR) is 93.4 cm³/mol. The molecule has 1 fully saturated rings. The van der Waals surface area contributed by atoms with E-state index in [1.54, 1.807) is 4.90 Å². The number of carbonyl (C=O) groups excluding carboxylic acids is 1. The van der Waals surface area contributed by atoms with Crippen LogP contribution in [0.4, 0.5) is 0 Å². The maximum Gasteiger partial charge on any atom is 0.305 e. The molecule has 0 spiro atoms. The van der Waals surface area contributed by atoms with Crippen molar-refractivity contribution < 1.29 is 19.4 Å². The fourth-order valence-corrected chi connectivity index (χ4v) is 3.37. The van der Waals surface area contributed by atoms with Gasteiger partial charge in [-0.15, -0.1) is 0 Å². The normalized spacial score (nSPS) is 18.3. The third kappa shape index (κ3) is 5.04. The molecule has 2 rings (SSSR count). The highest BCUT2D eigenvalue weighted by Crippen LogP contribution is 2.20. The van der Waals surface area contributed by atoms with Crippen molar-refractivity contribution in [2.75, 3.05) is 19.7 Å². The summed E-state index contributed by atoms with van der Waals surface area (Å²) in [6.07, 6.45) is 2.50. The van der Waals surface area contributed by atoms with Gasteiger partial charge in [-0.2, -0.15) is 5.10 Å². The fourth-order valence-electron chi connectivity index (χ4n) is 3.37. The molecule has 140 valence electrons. The monoisotopic (exact) mass is 351 g/mol. The first-order chi connectivity index (χ1) is 11.8. The van der Waals surface area contributed by atoms with Gasteiger partial charge in [0.2, 0.25) is 5.91 Å². The second-order valence-corrected chi connectivity index (χ2v) is 6.94. The molecule has 7 nitrogen and oxygen atoms in total. The summed E-state index contributed by atoms with van der Waals surface area (Å²) in [5.74, 6) is -1.13. The van der Waals surface area contributed by atoms with Crippen molar-refractivity contribution in [3.05, 3.63) is 17.0 Å². The molecule has 7 heteroatoms. The molecule has 0 radical (unpaired) electrons. The van der Waals surface area contributed by atoms with Crippen LogP contribution in [0.5, 0.6) is 0 Å². The highest BCUT2D eigenvalue weighted by molar-refractivity contribution is 5.79. The highest BCUT2D eigenvalue weighted by atomic mass is 16.5.